The zero-order valence-electron chi connectivity index (χ0n) is 96.1. The van der Waals surface area contributed by atoms with Crippen molar-refractivity contribution in [3.63, 3.8) is 0 Å². The highest BCUT2D eigenvalue weighted by Gasteiger charge is 2.67. The smallest absolute Gasteiger partial charge is 0.177 e. The zero-order valence-corrected chi connectivity index (χ0v) is 102. The lowest BCUT2D eigenvalue weighted by Gasteiger charge is -2.64. The lowest BCUT2D eigenvalue weighted by molar-refractivity contribution is -0.152. The molecular formula is C116H227F3Si6. The molecule has 3 aliphatic rings. The molecule has 6 rings (SSSR count). The van der Waals surface area contributed by atoms with Gasteiger partial charge in [0.1, 0.15) is 8.07 Å². The summed E-state index contributed by atoms with van der Waals surface area (Å²) < 4.78 is 39.5. The molecule has 3 aliphatic carbocycles. The molecule has 9 heteroatoms. The SMILES string of the molecule is CC(C)(C)C(C1CCCCC1)(C1CCCCC1)C(C)(C)C.CC(C)(C)C1(C(C)(C)C)CCCCC1.CC(C)(C)[Si](C)(C(C)(C)C)C(F)(F)F.CC(C)(C)[Si](C)(C)C(C)(C)C.CC(C)(C)[Si](C)(c1ccccc1)C(C)(C)C.CC(C)(C)[Si](c1ccccc1)(c1ccccc1)C(C)(C)C.CC(C)[Si](C(C)C)(C(C)(C)C)C(C)(C)C.CC[Si](CC)(C(C)(C)C)C(C)(C)C. The monoisotopic (exact) mass is 1850 g/mol. The zero-order chi connectivity index (χ0) is 100. The van der Waals surface area contributed by atoms with E-state index in [-0.39, 0.29) is 10.1 Å². The van der Waals surface area contributed by atoms with Gasteiger partial charge >= 0.3 is 5.80 Å². The summed E-state index contributed by atoms with van der Waals surface area (Å²) in [6.07, 6.45) is 22.0. The first kappa shape index (κ1) is 126. The van der Waals surface area contributed by atoms with Crippen LogP contribution in [0.3, 0.4) is 0 Å². The Balaban J connectivity index is 0. The van der Waals surface area contributed by atoms with E-state index in [4.69, 9.17) is 0 Å². The third-order valence-electron chi connectivity index (χ3n) is 36.3. The second kappa shape index (κ2) is 44.7. The quantitative estimate of drug-likeness (QED) is 0.187. The Hall–Kier alpha value is -1.25. The summed E-state index contributed by atoms with van der Waals surface area (Å²) in [5, 5.41) is 7.65. The normalized spacial score (nSPS) is 17.2. The first-order valence-corrected chi connectivity index (χ1v) is 65.8. The van der Waals surface area contributed by atoms with Crippen LogP contribution < -0.4 is 15.6 Å². The molecule has 0 N–H and O–H groups in total. The Kier molecular flexibility index (Phi) is 45.0. The Labute approximate surface area is 792 Å². The summed E-state index contributed by atoms with van der Waals surface area (Å²) in [4.78, 5) is 0. The van der Waals surface area contributed by atoms with Crippen LogP contribution in [0.2, 0.25) is 110 Å². The highest BCUT2D eigenvalue weighted by Crippen LogP contribution is 2.68. The molecule has 0 saturated heterocycles. The molecule has 0 bridgehead atoms. The van der Waals surface area contributed by atoms with E-state index in [1.54, 1.807) is 46.7 Å². The number of halogens is 3. The van der Waals surface area contributed by atoms with Crippen molar-refractivity contribution >= 4 is 64.0 Å². The maximum absolute atomic E-state index is 13.2. The standard InChI is InChI=1S/C21H40.C20H28Si.C15H26Si.C14H32Si.C14H28.C12H28Si.C10H21F3Si.C10H24Si/c2*1-19(2,3)21(20(4,5)6,17-13-9-7-10-14-17)18-15-11-8-12-16-18;1-14(2,3)16(7,15(4,5)6)13-11-9-8-10-12-13;1-11(2)15(12(3)4,13(5,6)7)14(8,9)10;1-12(2,3)14(13(4,5)6)10-8-7-9-11-14;1-9-13(10-2,11(3,4)5)12(6,7)8;1-8(2,3)14(7,9(4,5)6)10(11,12)13;1-9(2,3)11(7,8)10(4,5)6/h17-18H,7-16H2,1-6H3;7-16H,1-6H3;8-12H,1-7H3;11-12H,1-10H3;7-11H2,1-6H3;9-10H2,1-8H3;1-7H3;1-8H3. The van der Waals surface area contributed by atoms with Gasteiger partial charge in [0.2, 0.25) is 0 Å². The Morgan fingerprint density at radius 3 is 0.664 bits per heavy atom. The van der Waals surface area contributed by atoms with Crippen LogP contribution in [0.25, 0.3) is 0 Å². The molecule has 0 heterocycles. The number of alkyl halides is 3. The van der Waals surface area contributed by atoms with Crippen LogP contribution in [0.15, 0.2) is 91.0 Å². The molecule has 3 aromatic carbocycles. The largest absolute Gasteiger partial charge is 0.362 e. The van der Waals surface area contributed by atoms with Gasteiger partial charge in [-0.2, -0.15) is 13.2 Å². The van der Waals surface area contributed by atoms with Gasteiger partial charge in [0.15, 0.2) is 8.07 Å². The van der Waals surface area contributed by atoms with Gasteiger partial charge in [0.25, 0.3) is 0 Å². The molecule has 0 unspecified atom stereocenters. The molecule has 0 atom stereocenters. The van der Waals surface area contributed by atoms with Crippen molar-refractivity contribution in [1.82, 2.24) is 0 Å². The number of hydrogen-bond donors (Lipinski definition) is 0. The fraction of sp³-hybridized carbons (Fsp3) is 0.845. The van der Waals surface area contributed by atoms with E-state index < -0.39 is 64.3 Å². The molecule has 3 aromatic rings. The van der Waals surface area contributed by atoms with Gasteiger partial charge in [-0.3, -0.25) is 0 Å². The van der Waals surface area contributed by atoms with Crippen molar-refractivity contribution in [3.05, 3.63) is 91.0 Å². The van der Waals surface area contributed by atoms with Crippen LogP contribution in [-0.4, -0.2) is 54.2 Å². The van der Waals surface area contributed by atoms with Crippen LogP contribution in [0, 0.1) is 44.3 Å². The molecule has 125 heavy (non-hydrogen) atoms. The Morgan fingerprint density at radius 1 is 0.296 bits per heavy atom. The lowest BCUT2D eigenvalue weighted by Crippen LogP contribution is -2.69. The summed E-state index contributed by atoms with van der Waals surface area (Å²) in [6.45, 7) is 136. The predicted molar refractivity (Wildman–Crippen MR) is 589 cm³/mol. The lowest BCUT2D eigenvalue weighted by atomic mass is 9.41. The van der Waals surface area contributed by atoms with Gasteiger partial charge in [-0.15, -0.1) is 0 Å². The second-order valence-corrected chi connectivity index (χ2v) is 95.5. The molecule has 3 saturated carbocycles. The minimum absolute atomic E-state index is 0.244. The van der Waals surface area contributed by atoms with E-state index >= 15 is 0 Å². The van der Waals surface area contributed by atoms with E-state index in [1.165, 1.54) is 125 Å². The molecule has 0 aliphatic heterocycles. The third kappa shape index (κ3) is 28.7. The summed E-state index contributed by atoms with van der Waals surface area (Å²) in [5.74, 6) is -2.13. The fourth-order valence-electron chi connectivity index (χ4n) is 29.8. The first-order chi connectivity index (χ1) is 55.0. The number of benzene rings is 3. The molecule has 736 valence electrons. The van der Waals surface area contributed by atoms with Crippen molar-refractivity contribution in [2.75, 3.05) is 0 Å². The molecule has 0 radical (unpaired) electrons. The van der Waals surface area contributed by atoms with Gasteiger partial charge in [0, 0.05) is 0 Å². The van der Waals surface area contributed by atoms with Crippen LogP contribution in [0.1, 0.15) is 470 Å². The summed E-state index contributed by atoms with van der Waals surface area (Å²) >= 11 is 0. The van der Waals surface area contributed by atoms with Gasteiger partial charge in [-0.25, -0.2) is 0 Å². The van der Waals surface area contributed by atoms with E-state index in [2.05, 4.69) is 443 Å². The highest BCUT2D eigenvalue weighted by molar-refractivity contribution is 7.06. The minimum Gasteiger partial charge on any atom is -0.177 e. The topological polar surface area (TPSA) is 0 Å². The Bertz CT molecular complexity index is 3260. The summed E-state index contributed by atoms with van der Waals surface area (Å²) in [6, 6.07) is 36.3. The second-order valence-electron chi connectivity index (χ2n) is 58.4. The van der Waals surface area contributed by atoms with Crippen LogP contribution in [0.4, 0.5) is 13.2 Å². The van der Waals surface area contributed by atoms with Crippen LogP contribution >= 0.6 is 0 Å². The van der Waals surface area contributed by atoms with E-state index in [1.807, 2.05) is 0 Å². The van der Waals surface area contributed by atoms with Gasteiger partial charge in [-0.1, -0.05) is 577 Å². The Morgan fingerprint density at radius 2 is 0.536 bits per heavy atom. The summed E-state index contributed by atoms with van der Waals surface area (Å²) in [7, 11) is -10.4. The average molecular weight is 1850 g/mol. The molecular weight excluding hydrogens is 1620 g/mol. The van der Waals surface area contributed by atoms with E-state index in [9.17, 15) is 13.2 Å². The maximum Gasteiger partial charge on any atom is 0.362 e. The molecule has 3 fully saturated rings. The van der Waals surface area contributed by atoms with Crippen molar-refractivity contribution in [1.29, 1.82) is 0 Å². The molecule has 0 aromatic heterocycles. The van der Waals surface area contributed by atoms with Crippen LogP contribution in [-0.2, 0) is 0 Å². The molecule has 0 nitrogen and oxygen atoms in total. The minimum atomic E-state index is -4.04. The van der Waals surface area contributed by atoms with Crippen molar-refractivity contribution in [2.45, 2.75) is 586 Å². The number of rotatable bonds is 9. The van der Waals surface area contributed by atoms with Gasteiger partial charge in [0.05, 0.1) is 32.3 Å². The first-order valence-electron chi connectivity index (χ1n) is 51.2. The van der Waals surface area contributed by atoms with Gasteiger partial charge < -0.3 is 0 Å². The maximum atomic E-state index is 13.2. The van der Waals surface area contributed by atoms with Crippen LogP contribution in [0.5, 0.6) is 0 Å². The van der Waals surface area contributed by atoms with E-state index in [0.717, 1.165) is 22.9 Å². The molecule has 0 spiro atoms. The van der Waals surface area contributed by atoms with Crippen molar-refractivity contribution in [2.24, 2.45) is 44.3 Å². The number of hydrogen-bond acceptors (Lipinski definition) is 0. The molecule has 0 amide bonds. The van der Waals surface area contributed by atoms with Crippen molar-refractivity contribution in [3.8, 4) is 0 Å². The third-order valence-corrected chi connectivity index (χ3v) is 82.1. The average Bonchev–Trinajstić information content (AvgIpc) is 0.720. The fourth-order valence-corrected chi connectivity index (χ4v) is 65.8. The summed E-state index contributed by atoms with van der Waals surface area (Å²) in [5.41, 5.74) is 4.48. The van der Waals surface area contributed by atoms with Gasteiger partial charge in [-0.05, 0) is 154 Å². The van der Waals surface area contributed by atoms with E-state index in [0.29, 0.717) is 72.8 Å². The highest BCUT2D eigenvalue weighted by atomic mass is 28.3. The predicted octanol–water partition coefficient (Wildman–Crippen LogP) is 41.7. The van der Waals surface area contributed by atoms with Crippen molar-refractivity contribution < 1.29 is 13.2 Å².